The summed E-state index contributed by atoms with van der Waals surface area (Å²) in [5, 5.41) is 9.50. The molecule has 0 saturated carbocycles. The highest BCUT2D eigenvalue weighted by atomic mass is 19.1. The van der Waals surface area contributed by atoms with Crippen molar-refractivity contribution in [2.75, 3.05) is 7.11 Å². The Morgan fingerprint density at radius 2 is 2.33 bits per heavy atom. The van der Waals surface area contributed by atoms with Gasteiger partial charge in [-0.2, -0.15) is 0 Å². The summed E-state index contributed by atoms with van der Waals surface area (Å²) in [6.07, 6.45) is 2.07. The van der Waals surface area contributed by atoms with Crippen molar-refractivity contribution >= 4 is 0 Å². The molecule has 0 heterocycles. The number of methoxy groups -OCH3 is 1. The van der Waals surface area contributed by atoms with Gasteiger partial charge in [-0.05, 0) is 30.5 Å². The largest absolute Gasteiger partial charge is 0.494 e. The van der Waals surface area contributed by atoms with Crippen molar-refractivity contribution in [1.82, 2.24) is 0 Å². The van der Waals surface area contributed by atoms with Crippen molar-refractivity contribution in [3.8, 4) is 5.75 Å². The molecule has 0 aromatic heterocycles. The molecule has 1 rings (SSSR count). The quantitative estimate of drug-likeness (QED) is 0.756. The van der Waals surface area contributed by atoms with Crippen LogP contribution >= 0.6 is 0 Å². The van der Waals surface area contributed by atoms with E-state index in [9.17, 15) is 9.50 Å². The summed E-state index contributed by atoms with van der Waals surface area (Å²) in [6, 6.07) is 4.69. The van der Waals surface area contributed by atoms with Crippen LogP contribution in [0, 0.1) is 5.82 Å². The van der Waals surface area contributed by atoms with Crippen molar-refractivity contribution in [3.63, 3.8) is 0 Å². The minimum Gasteiger partial charge on any atom is -0.494 e. The van der Waals surface area contributed by atoms with Gasteiger partial charge in [0.25, 0.3) is 0 Å². The number of ether oxygens (including phenoxy) is 1. The van der Waals surface area contributed by atoms with Gasteiger partial charge in [0.2, 0.25) is 0 Å². The van der Waals surface area contributed by atoms with E-state index in [0.29, 0.717) is 12.8 Å². The van der Waals surface area contributed by atoms with Crippen LogP contribution in [-0.4, -0.2) is 18.3 Å². The zero-order valence-electron chi connectivity index (χ0n) is 8.74. The van der Waals surface area contributed by atoms with Crippen molar-refractivity contribution < 1.29 is 14.2 Å². The lowest BCUT2D eigenvalue weighted by molar-refractivity contribution is 0.178. The van der Waals surface area contributed by atoms with Gasteiger partial charge in [-0.3, -0.25) is 0 Å². The first-order valence-electron chi connectivity index (χ1n) is 4.78. The molecule has 1 aromatic carbocycles. The Morgan fingerprint density at radius 1 is 1.60 bits per heavy atom. The summed E-state index contributed by atoms with van der Waals surface area (Å²) < 4.78 is 18.1. The molecule has 1 aromatic rings. The molecule has 0 aliphatic carbocycles. The van der Waals surface area contributed by atoms with E-state index in [1.807, 2.05) is 0 Å². The highest BCUT2D eigenvalue weighted by Gasteiger charge is 2.07. The van der Waals surface area contributed by atoms with Crippen LogP contribution in [0.5, 0.6) is 5.75 Å². The first-order valence-corrected chi connectivity index (χ1v) is 4.78. The number of aliphatic hydroxyl groups excluding tert-OH is 1. The zero-order valence-corrected chi connectivity index (χ0v) is 8.74. The van der Waals surface area contributed by atoms with Crippen LogP contribution in [0.3, 0.4) is 0 Å². The summed E-state index contributed by atoms with van der Waals surface area (Å²) in [6.45, 7) is 3.53. The average Bonchev–Trinajstić information content (AvgIpc) is 2.18. The summed E-state index contributed by atoms with van der Waals surface area (Å²) in [7, 11) is 1.42. The van der Waals surface area contributed by atoms with E-state index < -0.39 is 11.9 Å². The van der Waals surface area contributed by atoms with Crippen LogP contribution < -0.4 is 4.74 Å². The predicted molar refractivity (Wildman–Crippen MR) is 57.5 cm³/mol. The van der Waals surface area contributed by atoms with Gasteiger partial charge in [0.1, 0.15) is 0 Å². The smallest absolute Gasteiger partial charge is 0.165 e. The predicted octanol–water partition coefficient (Wildman–Crippen LogP) is 2.31. The Kier molecular flexibility index (Phi) is 4.31. The molecule has 0 spiro atoms. The fraction of sp³-hybridized carbons (Fsp3) is 0.333. The molecule has 0 radical (unpaired) electrons. The van der Waals surface area contributed by atoms with Gasteiger partial charge in [0.15, 0.2) is 11.6 Å². The lowest BCUT2D eigenvalue weighted by Crippen LogP contribution is -2.09. The van der Waals surface area contributed by atoms with Gasteiger partial charge < -0.3 is 9.84 Å². The van der Waals surface area contributed by atoms with Crippen LogP contribution in [0.2, 0.25) is 0 Å². The number of halogens is 1. The standard InChI is InChI=1S/C12H15FO2/c1-3-4-10(14)7-9-5-6-12(15-2)11(13)8-9/h3,5-6,8,10,14H,1,4,7H2,2H3. The average molecular weight is 210 g/mol. The second-order valence-corrected chi connectivity index (χ2v) is 3.35. The Bertz CT molecular complexity index is 336. The Labute approximate surface area is 89.0 Å². The van der Waals surface area contributed by atoms with Gasteiger partial charge in [-0.15, -0.1) is 6.58 Å². The SMILES string of the molecule is C=CCC(O)Cc1ccc(OC)c(F)c1. The Morgan fingerprint density at radius 3 is 2.87 bits per heavy atom. The Balaban J connectivity index is 2.70. The van der Waals surface area contributed by atoms with E-state index >= 15 is 0 Å². The second kappa shape index (κ2) is 5.51. The molecule has 3 heteroatoms. The third-order valence-electron chi connectivity index (χ3n) is 2.13. The molecule has 0 amide bonds. The number of hydrogen-bond acceptors (Lipinski definition) is 2. The van der Waals surface area contributed by atoms with Gasteiger partial charge in [0.05, 0.1) is 13.2 Å². The summed E-state index contributed by atoms with van der Waals surface area (Å²) >= 11 is 0. The van der Waals surface area contributed by atoms with E-state index in [-0.39, 0.29) is 5.75 Å². The van der Waals surface area contributed by atoms with E-state index in [2.05, 4.69) is 6.58 Å². The second-order valence-electron chi connectivity index (χ2n) is 3.35. The van der Waals surface area contributed by atoms with Crippen molar-refractivity contribution in [2.24, 2.45) is 0 Å². The molecule has 0 aliphatic heterocycles. The number of hydrogen-bond donors (Lipinski definition) is 1. The maximum absolute atomic E-state index is 13.3. The number of benzene rings is 1. The monoisotopic (exact) mass is 210 g/mol. The maximum atomic E-state index is 13.3. The van der Waals surface area contributed by atoms with Crippen molar-refractivity contribution in [2.45, 2.75) is 18.9 Å². The van der Waals surface area contributed by atoms with Gasteiger partial charge in [-0.1, -0.05) is 12.1 Å². The van der Waals surface area contributed by atoms with Gasteiger partial charge in [0, 0.05) is 0 Å². The fourth-order valence-electron chi connectivity index (χ4n) is 1.38. The van der Waals surface area contributed by atoms with Crippen molar-refractivity contribution in [3.05, 3.63) is 42.2 Å². The molecule has 0 saturated heterocycles. The molecule has 0 fully saturated rings. The first kappa shape index (κ1) is 11.7. The topological polar surface area (TPSA) is 29.5 Å². The van der Waals surface area contributed by atoms with E-state index in [4.69, 9.17) is 4.74 Å². The van der Waals surface area contributed by atoms with E-state index in [1.165, 1.54) is 13.2 Å². The number of aliphatic hydroxyl groups is 1. The normalized spacial score (nSPS) is 12.2. The van der Waals surface area contributed by atoms with E-state index in [1.54, 1.807) is 18.2 Å². The highest BCUT2D eigenvalue weighted by Crippen LogP contribution is 2.18. The molecular formula is C12H15FO2. The first-order chi connectivity index (χ1) is 7.17. The minimum atomic E-state index is -0.504. The summed E-state index contributed by atoms with van der Waals surface area (Å²) in [5.41, 5.74) is 0.752. The highest BCUT2D eigenvalue weighted by molar-refractivity contribution is 5.29. The molecule has 0 aliphatic rings. The molecule has 1 atom stereocenters. The van der Waals surface area contributed by atoms with Gasteiger partial charge >= 0.3 is 0 Å². The van der Waals surface area contributed by atoms with Gasteiger partial charge in [-0.25, -0.2) is 4.39 Å². The summed E-state index contributed by atoms with van der Waals surface area (Å²) in [4.78, 5) is 0. The summed E-state index contributed by atoms with van der Waals surface area (Å²) in [5.74, 6) is -0.183. The third-order valence-corrected chi connectivity index (χ3v) is 2.13. The fourth-order valence-corrected chi connectivity index (χ4v) is 1.38. The van der Waals surface area contributed by atoms with Crippen molar-refractivity contribution in [1.29, 1.82) is 0 Å². The van der Waals surface area contributed by atoms with Crippen LogP contribution in [-0.2, 0) is 6.42 Å². The number of rotatable bonds is 5. The molecule has 82 valence electrons. The lowest BCUT2D eigenvalue weighted by Gasteiger charge is -2.09. The molecular weight excluding hydrogens is 195 g/mol. The molecule has 0 bridgehead atoms. The zero-order chi connectivity index (χ0) is 11.3. The molecule has 1 unspecified atom stereocenters. The van der Waals surface area contributed by atoms with E-state index in [0.717, 1.165) is 5.56 Å². The Hall–Kier alpha value is -1.35. The molecule has 1 N–H and O–H groups in total. The molecule has 15 heavy (non-hydrogen) atoms. The van der Waals surface area contributed by atoms with Crippen LogP contribution in [0.1, 0.15) is 12.0 Å². The van der Waals surface area contributed by atoms with Crippen LogP contribution in [0.25, 0.3) is 0 Å². The minimum absolute atomic E-state index is 0.219. The third kappa shape index (κ3) is 3.36. The van der Waals surface area contributed by atoms with Crippen LogP contribution in [0.4, 0.5) is 4.39 Å². The molecule has 2 nitrogen and oxygen atoms in total. The maximum Gasteiger partial charge on any atom is 0.165 e. The lowest BCUT2D eigenvalue weighted by atomic mass is 10.1. The van der Waals surface area contributed by atoms with Crippen LogP contribution in [0.15, 0.2) is 30.9 Å².